The molecule has 2 N–H and O–H groups in total. The molecular weight excluding hydrogens is 292 g/mol. The smallest absolute Gasteiger partial charge is 0.191 e. The van der Waals surface area contributed by atoms with Crippen molar-refractivity contribution in [3.8, 4) is 0 Å². The van der Waals surface area contributed by atoms with E-state index in [2.05, 4.69) is 48.3 Å². The molecule has 0 amide bonds. The molecule has 23 heavy (non-hydrogen) atoms. The topological polar surface area (TPSA) is 58.1 Å². The Labute approximate surface area is 143 Å². The van der Waals surface area contributed by atoms with Crippen LogP contribution in [0.1, 0.15) is 33.6 Å². The van der Waals surface area contributed by atoms with Gasteiger partial charge in [0.2, 0.25) is 0 Å². The summed E-state index contributed by atoms with van der Waals surface area (Å²) in [4.78, 5) is 6.88. The number of hydrogen-bond acceptors (Lipinski definition) is 4. The van der Waals surface area contributed by atoms with Gasteiger partial charge >= 0.3 is 0 Å². The van der Waals surface area contributed by atoms with Gasteiger partial charge in [0.1, 0.15) is 0 Å². The fraction of sp³-hybridized carbons (Fsp3) is 0.941. The van der Waals surface area contributed by atoms with Crippen LogP contribution in [0.15, 0.2) is 4.99 Å². The molecule has 0 bridgehead atoms. The predicted molar refractivity (Wildman–Crippen MR) is 98.2 cm³/mol. The first-order valence-electron chi connectivity index (χ1n) is 8.87. The Balaban J connectivity index is 3.80. The molecule has 0 aromatic carbocycles. The van der Waals surface area contributed by atoms with Crippen molar-refractivity contribution in [3.05, 3.63) is 0 Å². The first kappa shape index (κ1) is 22.1. The number of hydrogen-bond donors (Lipinski definition) is 2. The highest BCUT2D eigenvalue weighted by Gasteiger charge is 2.00. The van der Waals surface area contributed by atoms with Crippen LogP contribution >= 0.6 is 0 Å². The number of methoxy groups -OCH3 is 1. The van der Waals surface area contributed by atoms with E-state index in [0.29, 0.717) is 5.92 Å². The SMILES string of the molecule is CCNC(=NCCCOCC(C)C)NCCN(C)CCCOC. The number of nitrogens with zero attached hydrogens (tertiary/aromatic N) is 2. The van der Waals surface area contributed by atoms with E-state index in [9.17, 15) is 0 Å². The van der Waals surface area contributed by atoms with Crippen LogP contribution in [-0.2, 0) is 9.47 Å². The largest absolute Gasteiger partial charge is 0.385 e. The van der Waals surface area contributed by atoms with Crippen LogP contribution in [0, 0.1) is 5.92 Å². The van der Waals surface area contributed by atoms with Crippen molar-refractivity contribution >= 4 is 5.96 Å². The second-order valence-electron chi connectivity index (χ2n) is 6.16. The fourth-order valence-corrected chi connectivity index (χ4v) is 1.97. The normalized spacial score (nSPS) is 12.2. The van der Waals surface area contributed by atoms with Gasteiger partial charge in [0.15, 0.2) is 5.96 Å². The lowest BCUT2D eigenvalue weighted by molar-refractivity contribution is 0.109. The molecule has 0 aliphatic rings. The van der Waals surface area contributed by atoms with Gasteiger partial charge in [-0.05, 0) is 32.7 Å². The molecule has 0 aliphatic carbocycles. The third kappa shape index (κ3) is 15.8. The summed E-state index contributed by atoms with van der Waals surface area (Å²) < 4.78 is 10.6. The lowest BCUT2D eigenvalue weighted by Crippen LogP contribution is -2.41. The highest BCUT2D eigenvalue weighted by atomic mass is 16.5. The predicted octanol–water partition coefficient (Wildman–Crippen LogP) is 1.57. The zero-order valence-corrected chi connectivity index (χ0v) is 15.9. The van der Waals surface area contributed by atoms with Crippen molar-refractivity contribution in [3.63, 3.8) is 0 Å². The maximum Gasteiger partial charge on any atom is 0.191 e. The standard InChI is InChI=1S/C17H38N4O2/c1-6-18-17(19-9-7-14-23-15-16(2)3)20-10-12-21(4)11-8-13-22-5/h16H,6-15H2,1-5H3,(H2,18,19,20). The Morgan fingerprint density at radius 3 is 2.57 bits per heavy atom. The van der Waals surface area contributed by atoms with Crippen molar-refractivity contribution in [1.82, 2.24) is 15.5 Å². The van der Waals surface area contributed by atoms with Crippen LogP contribution in [0.4, 0.5) is 0 Å². The third-order valence-electron chi connectivity index (χ3n) is 3.19. The summed E-state index contributed by atoms with van der Waals surface area (Å²) in [5, 5.41) is 6.65. The summed E-state index contributed by atoms with van der Waals surface area (Å²) in [5.74, 6) is 1.49. The molecule has 0 saturated heterocycles. The van der Waals surface area contributed by atoms with E-state index >= 15 is 0 Å². The molecular formula is C17H38N4O2. The second kappa shape index (κ2) is 16.0. The summed E-state index contributed by atoms with van der Waals surface area (Å²) in [6.45, 7) is 13.4. The summed E-state index contributed by atoms with van der Waals surface area (Å²) >= 11 is 0. The third-order valence-corrected chi connectivity index (χ3v) is 3.19. The van der Waals surface area contributed by atoms with Crippen LogP contribution in [0.25, 0.3) is 0 Å². The lowest BCUT2D eigenvalue weighted by atomic mass is 10.2. The minimum Gasteiger partial charge on any atom is -0.385 e. The highest BCUT2D eigenvalue weighted by Crippen LogP contribution is 1.93. The molecule has 0 aromatic rings. The molecule has 0 heterocycles. The monoisotopic (exact) mass is 330 g/mol. The summed E-state index contributed by atoms with van der Waals surface area (Å²) in [7, 11) is 3.88. The average molecular weight is 331 g/mol. The molecule has 0 rings (SSSR count). The maximum absolute atomic E-state index is 5.57. The fourth-order valence-electron chi connectivity index (χ4n) is 1.97. The first-order chi connectivity index (χ1) is 11.1. The van der Waals surface area contributed by atoms with Crippen molar-refractivity contribution in [1.29, 1.82) is 0 Å². The van der Waals surface area contributed by atoms with Crippen LogP contribution in [0.5, 0.6) is 0 Å². The zero-order valence-electron chi connectivity index (χ0n) is 15.9. The van der Waals surface area contributed by atoms with Crippen LogP contribution in [-0.4, -0.2) is 77.6 Å². The van der Waals surface area contributed by atoms with E-state index in [4.69, 9.17) is 9.47 Å². The molecule has 0 radical (unpaired) electrons. The molecule has 0 fully saturated rings. The van der Waals surface area contributed by atoms with Gasteiger partial charge in [0.25, 0.3) is 0 Å². The van der Waals surface area contributed by atoms with E-state index in [1.807, 2.05) is 0 Å². The molecule has 0 aliphatic heterocycles. The van der Waals surface area contributed by atoms with Crippen molar-refractivity contribution in [2.75, 3.05) is 66.7 Å². The minimum absolute atomic E-state index is 0.596. The van der Waals surface area contributed by atoms with Gasteiger partial charge in [0.05, 0.1) is 0 Å². The van der Waals surface area contributed by atoms with Crippen molar-refractivity contribution < 1.29 is 9.47 Å². The molecule has 0 unspecified atom stereocenters. The first-order valence-corrected chi connectivity index (χ1v) is 8.87. The Morgan fingerprint density at radius 2 is 1.91 bits per heavy atom. The highest BCUT2D eigenvalue weighted by molar-refractivity contribution is 5.79. The Kier molecular flexibility index (Phi) is 15.4. The molecule has 0 saturated carbocycles. The average Bonchev–Trinajstić information content (AvgIpc) is 2.50. The summed E-state index contributed by atoms with van der Waals surface area (Å²) in [6.07, 6.45) is 2.03. The van der Waals surface area contributed by atoms with Gasteiger partial charge in [-0.25, -0.2) is 0 Å². The van der Waals surface area contributed by atoms with E-state index in [1.54, 1.807) is 7.11 Å². The quantitative estimate of drug-likeness (QED) is 0.288. The zero-order chi connectivity index (χ0) is 17.3. The van der Waals surface area contributed by atoms with Gasteiger partial charge in [-0.1, -0.05) is 13.8 Å². The summed E-state index contributed by atoms with van der Waals surface area (Å²) in [6, 6.07) is 0. The number of aliphatic imine (C=N–C) groups is 1. The summed E-state index contributed by atoms with van der Waals surface area (Å²) in [5.41, 5.74) is 0. The number of rotatable bonds is 14. The Hall–Kier alpha value is -0.850. The minimum atomic E-state index is 0.596. The molecule has 0 aromatic heterocycles. The number of likely N-dealkylation sites (N-methyl/N-ethyl adjacent to an activating group) is 1. The molecule has 138 valence electrons. The number of guanidine groups is 1. The van der Waals surface area contributed by atoms with E-state index < -0.39 is 0 Å². The van der Waals surface area contributed by atoms with Gasteiger partial charge < -0.3 is 25.0 Å². The van der Waals surface area contributed by atoms with Crippen LogP contribution in [0.3, 0.4) is 0 Å². The van der Waals surface area contributed by atoms with Crippen molar-refractivity contribution in [2.24, 2.45) is 10.9 Å². The lowest BCUT2D eigenvalue weighted by Gasteiger charge is -2.18. The van der Waals surface area contributed by atoms with Gasteiger partial charge in [-0.3, -0.25) is 4.99 Å². The Morgan fingerprint density at radius 1 is 1.13 bits per heavy atom. The van der Waals surface area contributed by atoms with Crippen LogP contribution < -0.4 is 10.6 Å². The molecule has 6 heteroatoms. The number of ether oxygens (including phenoxy) is 2. The van der Waals surface area contributed by atoms with Crippen LogP contribution in [0.2, 0.25) is 0 Å². The molecule has 0 spiro atoms. The maximum atomic E-state index is 5.57. The molecule has 6 nitrogen and oxygen atoms in total. The number of nitrogens with one attached hydrogen (secondary N) is 2. The van der Waals surface area contributed by atoms with Gasteiger partial charge in [-0.2, -0.15) is 0 Å². The Bertz CT molecular complexity index is 286. The second-order valence-corrected chi connectivity index (χ2v) is 6.16. The van der Waals surface area contributed by atoms with E-state index in [0.717, 1.165) is 71.3 Å². The van der Waals surface area contributed by atoms with Crippen molar-refractivity contribution in [2.45, 2.75) is 33.6 Å². The van der Waals surface area contributed by atoms with E-state index in [-0.39, 0.29) is 0 Å². The van der Waals surface area contributed by atoms with Gasteiger partial charge in [-0.15, -0.1) is 0 Å². The molecule has 0 atom stereocenters. The van der Waals surface area contributed by atoms with E-state index in [1.165, 1.54) is 0 Å². The van der Waals surface area contributed by atoms with Gasteiger partial charge in [0, 0.05) is 59.7 Å².